The van der Waals surface area contributed by atoms with Crippen LogP contribution >= 0.6 is 0 Å². The Kier molecular flexibility index (Phi) is 4.03. The average Bonchev–Trinajstić information content (AvgIpc) is 2.52. The molecule has 8 nitrogen and oxygen atoms in total. The van der Waals surface area contributed by atoms with Gasteiger partial charge in [-0.25, -0.2) is 9.59 Å². The van der Waals surface area contributed by atoms with E-state index in [0.29, 0.717) is 0 Å². The third-order valence-electron chi connectivity index (χ3n) is 2.12. The lowest BCUT2D eigenvalue weighted by Gasteiger charge is -2.21. The molecule has 1 aromatic heterocycles. The molecule has 1 atom stereocenters. The highest BCUT2D eigenvalue weighted by atomic mass is 16.6. The molecular weight excluding hydrogens is 256 g/mol. The largest absolute Gasteiger partial charge is 0.479 e. The van der Waals surface area contributed by atoms with Crippen molar-refractivity contribution in [2.24, 2.45) is 0 Å². The average molecular weight is 272 g/mol. The number of carboxylic acids is 1. The van der Waals surface area contributed by atoms with Gasteiger partial charge < -0.3 is 19.7 Å². The van der Waals surface area contributed by atoms with Crippen molar-refractivity contribution in [3.8, 4) is 0 Å². The normalized spacial score (nSPS) is 12.8. The van der Waals surface area contributed by atoms with E-state index in [1.54, 1.807) is 20.8 Å². The van der Waals surface area contributed by atoms with E-state index >= 15 is 0 Å². The fourth-order valence-electron chi connectivity index (χ4n) is 1.41. The minimum atomic E-state index is -1.53. The number of hydrogen-bond donors (Lipinski definition) is 3. The first-order valence-electron chi connectivity index (χ1n) is 5.52. The van der Waals surface area contributed by atoms with Crippen LogP contribution in [0.1, 0.15) is 38.1 Å². The summed E-state index contributed by atoms with van der Waals surface area (Å²) in [5.41, 5.74) is -1.65. The standard InChI is InChI=1S/C11H16N2O6/c1-5-6(8(14)13-19-5)7(9(15)16)12-10(17)18-11(2,3)4/h7H,1-4H3,(H,12,17)(H,13,14)(H,15,16)/t7-/m1/s1. The summed E-state index contributed by atoms with van der Waals surface area (Å²) in [6.45, 7) is 6.33. The number of rotatable bonds is 3. The van der Waals surface area contributed by atoms with Gasteiger partial charge in [0.25, 0.3) is 5.56 Å². The van der Waals surface area contributed by atoms with Gasteiger partial charge in [-0.1, -0.05) is 0 Å². The molecule has 0 saturated carbocycles. The van der Waals surface area contributed by atoms with Crippen LogP contribution in [0, 0.1) is 6.92 Å². The van der Waals surface area contributed by atoms with Gasteiger partial charge in [0, 0.05) is 0 Å². The van der Waals surface area contributed by atoms with E-state index in [2.05, 4.69) is 5.32 Å². The number of H-pyrrole nitrogens is 1. The number of carbonyl (C=O) groups excluding carboxylic acids is 1. The van der Waals surface area contributed by atoms with Crippen LogP contribution in [0.2, 0.25) is 0 Å². The molecule has 0 saturated heterocycles. The molecule has 0 radical (unpaired) electrons. The minimum absolute atomic E-state index is 0.0912. The van der Waals surface area contributed by atoms with Gasteiger partial charge in [-0.3, -0.25) is 4.79 Å². The molecule has 1 heterocycles. The van der Waals surface area contributed by atoms with E-state index in [1.165, 1.54) is 6.92 Å². The second-order valence-corrected chi connectivity index (χ2v) is 4.92. The first-order chi connectivity index (χ1) is 8.61. The summed E-state index contributed by atoms with van der Waals surface area (Å²) in [5.74, 6) is -1.30. The van der Waals surface area contributed by atoms with Crippen molar-refractivity contribution in [1.29, 1.82) is 0 Å². The molecule has 0 aliphatic carbocycles. The lowest BCUT2D eigenvalue weighted by molar-refractivity contribution is -0.139. The Morgan fingerprint density at radius 2 is 2.00 bits per heavy atom. The zero-order chi connectivity index (χ0) is 14.8. The SMILES string of the molecule is Cc1o[nH]c(=O)c1[C@@H](NC(=O)OC(C)(C)C)C(=O)O. The maximum Gasteiger partial charge on any atom is 0.408 e. The van der Waals surface area contributed by atoms with Gasteiger partial charge in [-0.2, -0.15) is 5.16 Å². The summed E-state index contributed by atoms with van der Waals surface area (Å²) < 4.78 is 9.66. The molecule has 1 rings (SSSR count). The molecule has 0 aliphatic rings. The van der Waals surface area contributed by atoms with Crippen LogP contribution in [0.4, 0.5) is 4.79 Å². The Hall–Kier alpha value is -2.25. The van der Waals surface area contributed by atoms with E-state index < -0.39 is 29.3 Å². The van der Waals surface area contributed by atoms with Crippen LogP contribution in [0.3, 0.4) is 0 Å². The van der Waals surface area contributed by atoms with Gasteiger partial charge in [-0.15, -0.1) is 0 Å². The van der Waals surface area contributed by atoms with Crippen molar-refractivity contribution in [2.75, 3.05) is 0 Å². The summed E-state index contributed by atoms with van der Waals surface area (Å²) in [6.07, 6.45) is -0.931. The van der Waals surface area contributed by atoms with Gasteiger partial charge in [0.15, 0.2) is 6.04 Å². The fraction of sp³-hybridized carbons (Fsp3) is 0.545. The Balaban J connectivity index is 2.96. The summed E-state index contributed by atoms with van der Waals surface area (Å²) in [6, 6.07) is -1.53. The molecule has 106 valence electrons. The second-order valence-electron chi connectivity index (χ2n) is 4.92. The topological polar surface area (TPSA) is 122 Å². The molecule has 0 unspecified atom stereocenters. The van der Waals surface area contributed by atoms with Crippen molar-refractivity contribution in [2.45, 2.75) is 39.3 Å². The third-order valence-corrected chi connectivity index (χ3v) is 2.12. The van der Waals surface area contributed by atoms with Crippen molar-refractivity contribution < 1.29 is 24.0 Å². The highest BCUT2D eigenvalue weighted by Gasteiger charge is 2.30. The van der Waals surface area contributed by atoms with E-state index in [1.807, 2.05) is 5.16 Å². The summed E-state index contributed by atoms with van der Waals surface area (Å²) in [4.78, 5) is 34.1. The third kappa shape index (κ3) is 3.87. The zero-order valence-corrected chi connectivity index (χ0v) is 11.1. The van der Waals surface area contributed by atoms with Crippen LogP contribution in [0.5, 0.6) is 0 Å². The number of ether oxygens (including phenoxy) is 1. The molecule has 0 bridgehead atoms. The fourth-order valence-corrected chi connectivity index (χ4v) is 1.41. The Bertz CT molecular complexity index is 536. The summed E-state index contributed by atoms with van der Waals surface area (Å²) >= 11 is 0. The first-order valence-corrected chi connectivity index (χ1v) is 5.52. The van der Waals surface area contributed by atoms with Crippen molar-refractivity contribution in [3.63, 3.8) is 0 Å². The molecule has 0 aromatic carbocycles. The first kappa shape index (κ1) is 14.8. The number of aromatic nitrogens is 1. The van der Waals surface area contributed by atoms with E-state index in [9.17, 15) is 14.4 Å². The zero-order valence-electron chi connectivity index (χ0n) is 11.1. The molecule has 19 heavy (non-hydrogen) atoms. The van der Waals surface area contributed by atoms with Crippen molar-refractivity contribution >= 4 is 12.1 Å². The molecule has 1 amide bonds. The van der Waals surface area contributed by atoms with E-state index in [0.717, 1.165) is 0 Å². The highest BCUT2D eigenvalue weighted by Crippen LogP contribution is 2.15. The maximum absolute atomic E-state index is 11.6. The number of alkyl carbamates (subject to hydrolysis) is 1. The van der Waals surface area contributed by atoms with Crippen LogP contribution < -0.4 is 10.9 Å². The van der Waals surface area contributed by atoms with Crippen molar-refractivity contribution in [3.05, 3.63) is 21.7 Å². The van der Waals surface area contributed by atoms with Crippen molar-refractivity contribution in [1.82, 2.24) is 10.5 Å². The maximum atomic E-state index is 11.6. The Labute approximate surface area is 108 Å². The number of carbonyl (C=O) groups is 2. The Morgan fingerprint density at radius 3 is 2.37 bits per heavy atom. The minimum Gasteiger partial charge on any atom is -0.479 e. The molecule has 8 heteroatoms. The van der Waals surface area contributed by atoms with E-state index in [4.69, 9.17) is 14.4 Å². The summed E-state index contributed by atoms with van der Waals surface area (Å²) in [5, 5.41) is 13.2. The van der Waals surface area contributed by atoms with Crippen LogP contribution in [-0.2, 0) is 9.53 Å². The monoisotopic (exact) mass is 272 g/mol. The highest BCUT2D eigenvalue weighted by molar-refractivity contribution is 5.81. The lowest BCUT2D eigenvalue weighted by atomic mass is 10.1. The smallest absolute Gasteiger partial charge is 0.408 e. The van der Waals surface area contributed by atoms with Gasteiger partial charge in [0.1, 0.15) is 11.4 Å². The second kappa shape index (κ2) is 5.17. The number of aliphatic carboxylic acids is 1. The van der Waals surface area contributed by atoms with Crippen LogP contribution in [0.15, 0.2) is 9.32 Å². The van der Waals surface area contributed by atoms with Crippen LogP contribution in [-0.4, -0.2) is 27.9 Å². The summed E-state index contributed by atoms with van der Waals surface area (Å²) in [7, 11) is 0. The number of nitrogens with one attached hydrogen (secondary N) is 2. The molecule has 1 aromatic rings. The van der Waals surface area contributed by atoms with Gasteiger partial charge in [0.05, 0.1) is 5.56 Å². The molecule has 0 fully saturated rings. The number of amides is 1. The number of aromatic amines is 1. The van der Waals surface area contributed by atoms with Gasteiger partial charge >= 0.3 is 12.1 Å². The predicted octanol–water partition coefficient (Wildman–Crippen LogP) is 0.927. The van der Waals surface area contributed by atoms with E-state index in [-0.39, 0.29) is 11.3 Å². The molecular formula is C11H16N2O6. The quantitative estimate of drug-likeness (QED) is 0.752. The number of carboxylic acid groups (broad SMARTS) is 1. The number of aryl methyl sites for hydroxylation is 1. The number of hydrogen-bond acceptors (Lipinski definition) is 5. The lowest BCUT2D eigenvalue weighted by Crippen LogP contribution is -2.39. The van der Waals surface area contributed by atoms with Gasteiger partial charge in [-0.05, 0) is 27.7 Å². The molecule has 0 aliphatic heterocycles. The molecule has 0 spiro atoms. The molecule has 3 N–H and O–H groups in total. The van der Waals surface area contributed by atoms with Gasteiger partial charge in [0.2, 0.25) is 0 Å². The van der Waals surface area contributed by atoms with Crippen LogP contribution in [0.25, 0.3) is 0 Å². The predicted molar refractivity (Wildman–Crippen MR) is 63.8 cm³/mol. The Morgan fingerprint density at radius 1 is 1.42 bits per heavy atom.